The Morgan fingerprint density at radius 3 is 2.72 bits per heavy atom. The van der Waals surface area contributed by atoms with Gasteiger partial charge in [0.1, 0.15) is 11.8 Å². The number of rotatable bonds is 9. The number of methoxy groups -OCH3 is 1. The van der Waals surface area contributed by atoms with E-state index in [2.05, 4.69) is 15.6 Å². The Labute approximate surface area is 169 Å². The molecule has 1 fully saturated rings. The lowest BCUT2D eigenvalue weighted by Gasteiger charge is -2.14. The normalized spacial score (nSPS) is 15.9. The highest BCUT2D eigenvalue weighted by atomic mass is 16.5. The molecule has 0 unspecified atom stereocenters. The molecule has 152 valence electrons. The van der Waals surface area contributed by atoms with Crippen LogP contribution in [0, 0.1) is 0 Å². The predicted molar refractivity (Wildman–Crippen MR) is 106 cm³/mol. The van der Waals surface area contributed by atoms with Crippen molar-refractivity contribution in [3.8, 4) is 5.75 Å². The first-order valence-corrected chi connectivity index (χ1v) is 9.49. The largest absolute Gasteiger partial charge is 0.496 e. The van der Waals surface area contributed by atoms with E-state index >= 15 is 0 Å². The lowest BCUT2D eigenvalue weighted by atomic mass is 10.1. The minimum atomic E-state index is -0.838. The number of nitrogens with zero attached hydrogens (tertiary/aromatic N) is 2. The van der Waals surface area contributed by atoms with Gasteiger partial charge in [-0.05, 0) is 30.2 Å². The van der Waals surface area contributed by atoms with Crippen molar-refractivity contribution < 1.29 is 19.1 Å². The number of carbonyl (C=O) groups is 3. The summed E-state index contributed by atoms with van der Waals surface area (Å²) in [6.07, 6.45) is 2.69. The number of urea groups is 1. The van der Waals surface area contributed by atoms with Crippen molar-refractivity contribution in [1.82, 2.24) is 20.5 Å². The Balaban J connectivity index is 1.47. The predicted octanol–water partition coefficient (Wildman–Crippen LogP) is 1.30. The van der Waals surface area contributed by atoms with Crippen molar-refractivity contribution in [2.45, 2.75) is 25.3 Å². The van der Waals surface area contributed by atoms with E-state index in [1.54, 1.807) is 13.3 Å². The number of aromatic nitrogens is 1. The summed E-state index contributed by atoms with van der Waals surface area (Å²) < 4.78 is 5.30. The smallest absolute Gasteiger partial charge is 0.324 e. The third kappa shape index (κ3) is 5.31. The van der Waals surface area contributed by atoms with Crippen LogP contribution in [0.25, 0.3) is 0 Å². The van der Waals surface area contributed by atoms with E-state index in [1.165, 1.54) is 0 Å². The van der Waals surface area contributed by atoms with Crippen LogP contribution < -0.4 is 15.4 Å². The molecule has 0 bridgehead atoms. The number of pyridine rings is 1. The van der Waals surface area contributed by atoms with Gasteiger partial charge in [-0.15, -0.1) is 0 Å². The fraction of sp³-hybridized carbons (Fsp3) is 0.333. The Morgan fingerprint density at radius 2 is 1.97 bits per heavy atom. The van der Waals surface area contributed by atoms with Crippen LogP contribution in [0.15, 0.2) is 48.7 Å². The monoisotopic (exact) mass is 396 g/mol. The van der Waals surface area contributed by atoms with Gasteiger partial charge in [0.05, 0.1) is 13.5 Å². The zero-order chi connectivity index (χ0) is 20.6. The maximum Gasteiger partial charge on any atom is 0.324 e. The van der Waals surface area contributed by atoms with Gasteiger partial charge >= 0.3 is 6.03 Å². The van der Waals surface area contributed by atoms with Gasteiger partial charge in [-0.1, -0.05) is 24.3 Å². The molecule has 29 heavy (non-hydrogen) atoms. The topological polar surface area (TPSA) is 101 Å². The number of amides is 4. The van der Waals surface area contributed by atoms with Crippen molar-refractivity contribution >= 4 is 17.8 Å². The highest BCUT2D eigenvalue weighted by molar-refractivity contribution is 6.05. The van der Waals surface area contributed by atoms with Crippen molar-refractivity contribution in [2.75, 3.05) is 20.2 Å². The number of para-hydroxylation sites is 1. The van der Waals surface area contributed by atoms with Crippen LogP contribution >= 0.6 is 0 Å². The van der Waals surface area contributed by atoms with E-state index in [-0.39, 0.29) is 24.8 Å². The fourth-order valence-corrected chi connectivity index (χ4v) is 3.20. The van der Waals surface area contributed by atoms with E-state index in [4.69, 9.17) is 4.74 Å². The summed E-state index contributed by atoms with van der Waals surface area (Å²) >= 11 is 0. The van der Waals surface area contributed by atoms with E-state index in [0.29, 0.717) is 25.1 Å². The highest BCUT2D eigenvalue weighted by Gasteiger charge is 2.38. The van der Waals surface area contributed by atoms with Crippen LogP contribution in [0.3, 0.4) is 0 Å². The van der Waals surface area contributed by atoms with Crippen LogP contribution in [-0.2, 0) is 22.4 Å². The van der Waals surface area contributed by atoms with Crippen LogP contribution in [0.2, 0.25) is 0 Å². The van der Waals surface area contributed by atoms with Crippen molar-refractivity contribution in [3.63, 3.8) is 0 Å². The lowest BCUT2D eigenvalue weighted by Crippen LogP contribution is -2.37. The second kappa shape index (κ2) is 9.68. The van der Waals surface area contributed by atoms with Gasteiger partial charge in [0, 0.05) is 31.4 Å². The van der Waals surface area contributed by atoms with Gasteiger partial charge in [-0.25, -0.2) is 4.79 Å². The van der Waals surface area contributed by atoms with E-state index < -0.39 is 12.1 Å². The van der Waals surface area contributed by atoms with Crippen molar-refractivity contribution in [1.29, 1.82) is 0 Å². The summed E-state index contributed by atoms with van der Waals surface area (Å²) in [4.78, 5) is 42.2. The second-order valence-electron chi connectivity index (χ2n) is 6.68. The molecule has 0 radical (unpaired) electrons. The van der Waals surface area contributed by atoms with Crippen LogP contribution in [0.4, 0.5) is 4.79 Å². The molecule has 2 heterocycles. The van der Waals surface area contributed by atoms with Crippen molar-refractivity contribution in [2.24, 2.45) is 0 Å². The zero-order valence-corrected chi connectivity index (χ0v) is 16.3. The molecule has 1 aliphatic rings. The molecule has 1 aliphatic heterocycles. The van der Waals surface area contributed by atoms with Gasteiger partial charge in [-0.3, -0.25) is 19.5 Å². The number of nitrogens with one attached hydrogen (secondary N) is 2. The van der Waals surface area contributed by atoms with E-state index in [9.17, 15) is 14.4 Å². The molecule has 1 aromatic carbocycles. The molecule has 4 amide bonds. The van der Waals surface area contributed by atoms with Gasteiger partial charge < -0.3 is 15.4 Å². The van der Waals surface area contributed by atoms with Crippen LogP contribution in [0.5, 0.6) is 5.75 Å². The Hall–Kier alpha value is -3.42. The van der Waals surface area contributed by atoms with E-state index in [1.807, 2.05) is 42.5 Å². The zero-order valence-electron chi connectivity index (χ0n) is 16.3. The maximum atomic E-state index is 12.5. The molecule has 1 aromatic heterocycles. The first kappa shape index (κ1) is 20.3. The molecule has 0 saturated carbocycles. The standard InChI is InChI=1S/C21H24N4O4/c1-29-18-8-3-2-6-15(18)10-13-25-20(27)17(24-21(25)28)14-19(26)23-12-9-16-7-4-5-11-22-16/h2-8,11,17H,9-10,12-14H2,1H3,(H,23,26)(H,24,28)/t17-/m1/s1. The molecule has 3 rings (SSSR count). The second-order valence-corrected chi connectivity index (χ2v) is 6.68. The SMILES string of the molecule is COc1ccccc1CCN1C(=O)N[C@H](CC(=O)NCCc2ccccn2)C1=O. The molecular formula is C21H24N4O4. The summed E-state index contributed by atoms with van der Waals surface area (Å²) in [5, 5.41) is 5.35. The number of hydrogen-bond acceptors (Lipinski definition) is 5. The van der Waals surface area contributed by atoms with Gasteiger partial charge in [0.25, 0.3) is 5.91 Å². The first-order valence-electron chi connectivity index (χ1n) is 9.49. The first-order chi connectivity index (χ1) is 14.1. The average Bonchev–Trinajstić information content (AvgIpc) is 3.00. The Bertz CT molecular complexity index is 872. The number of carbonyl (C=O) groups excluding carboxylic acids is 3. The molecular weight excluding hydrogens is 372 g/mol. The summed E-state index contributed by atoms with van der Waals surface area (Å²) in [7, 11) is 1.58. The highest BCUT2D eigenvalue weighted by Crippen LogP contribution is 2.19. The Morgan fingerprint density at radius 1 is 1.17 bits per heavy atom. The summed E-state index contributed by atoms with van der Waals surface area (Å²) in [5.41, 5.74) is 1.78. The lowest BCUT2D eigenvalue weighted by molar-refractivity contribution is -0.130. The maximum absolute atomic E-state index is 12.5. The molecule has 2 N–H and O–H groups in total. The molecule has 1 atom stereocenters. The summed E-state index contributed by atoms with van der Waals surface area (Å²) in [6.45, 7) is 0.644. The minimum absolute atomic E-state index is 0.0854. The van der Waals surface area contributed by atoms with Gasteiger partial charge in [0.15, 0.2) is 0 Å². The number of ether oxygens (including phenoxy) is 1. The third-order valence-electron chi connectivity index (χ3n) is 4.72. The molecule has 8 heteroatoms. The third-order valence-corrected chi connectivity index (χ3v) is 4.72. The van der Waals surface area contributed by atoms with Crippen LogP contribution in [-0.4, -0.2) is 54.0 Å². The van der Waals surface area contributed by atoms with Crippen molar-refractivity contribution in [3.05, 3.63) is 59.9 Å². The summed E-state index contributed by atoms with van der Waals surface area (Å²) in [6, 6.07) is 11.7. The number of imide groups is 1. The molecule has 1 saturated heterocycles. The molecule has 0 spiro atoms. The Kier molecular flexibility index (Phi) is 6.78. The molecule has 2 aromatic rings. The fourth-order valence-electron chi connectivity index (χ4n) is 3.20. The van der Waals surface area contributed by atoms with E-state index in [0.717, 1.165) is 16.2 Å². The van der Waals surface area contributed by atoms with Gasteiger partial charge in [-0.2, -0.15) is 0 Å². The minimum Gasteiger partial charge on any atom is -0.496 e. The quantitative estimate of drug-likeness (QED) is 0.623. The average molecular weight is 396 g/mol. The molecule has 0 aliphatic carbocycles. The van der Waals surface area contributed by atoms with Crippen LogP contribution in [0.1, 0.15) is 17.7 Å². The number of benzene rings is 1. The summed E-state index contributed by atoms with van der Waals surface area (Å²) in [5.74, 6) is 0.0410. The number of hydrogen-bond donors (Lipinski definition) is 2. The molecule has 8 nitrogen and oxygen atoms in total. The van der Waals surface area contributed by atoms with Gasteiger partial charge in [0.2, 0.25) is 5.91 Å².